The highest BCUT2D eigenvalue weighted by molar-refractivity contribution is 14.0. The van der Waals surface area contributed by atoms with Crippen molar-refractivity contribution in [2.75, 3.05) is 31.1 Å². The molecular weight excluding hydrogens is 459 g/mol. The monoisotopic (exact) mass is 486 g/mol. The van der Waals surface area contributed by atoms with Gasteiger partial charge in [-0.25, -0.2) is 9.98 Å². The number of halogens is 1. The molecule has 0 saturated carbocycles. The van der Waals surface area contributed by atoms with E-state index in [0.717, 1.165) is 49.9 Å². The lowest BCUT2D eigenvalue weighted by molar-refractivity contribution is 0.787. The van der Waals surface area contributed by atoms with Gasteiger partial charge in [0.05, 0.1) is 17.9 Å². The summed E-state index contributed by atoms with van der Waals surface area (Å²) in [4.78, 5) is 16.0. The molecule has 1 saturated heterocycles. The van der Waals surface area contributed by atoms with Crippen LogP contribution in [0.4, 0.5) is 5.13 Å². The molecule has 2 aromatic heterocycles. The SMILES string of the molecule is CCNC(=NCc1ccccn1)NCCc1csc(N2CCCC2)n1.I. The van der Waals surface area contributed by atoms with Crippen LogP contribution in [0.3, 0.4) is 0 Å². The van der Waals surface area contributed by atoms with Crippen molar-refractivity contribution in [3.05, 3.63) is 41.2 Å². The van der Waals surface area contributed by atoms with Crippen LogP contribution >= 0.6 is 35.3 Å². The van der Waals surface area contributed by atoms with Crippen LogP contribution in [0.25, 0.3) is 0 Å². The van der Waals surface area contributed by atoms with Crippen LogP contribution in [-0.4, -0.2) is 42.1 Å². The smallest absolute Gasteiger partial charge is 0.191 e. The predicted octanol–water partition coefficient (Wildman–Crippen LogP) is 3.05. The zero-order valence-corrected chi connectivity index (χ0v) is 18.3. The lowest BCUT2D eigenvalue weighted by atomic mass is 10.3. The molecule has 1 fully saturated rings. The van der Waals surface area contributed by atoms with Gasteiger partial charge in [-0.15, -0.1) is 35.3 Å². The van der Waals surface area contributed by atoms with E-state index in [-0.39, 0.29) is 24.0 Å². The van der Waals surface area contributed by atoms with Crippen molar-refractivity contribution in [1.82, 2.24) is 20.6 Å². The van der Waals surface area contributed by atoms with Gasteiger partial charge in [0.25, 0.3) is 0 Å². The number of hydrogen-bond acceptors (Lipinski definition) is 5. The molecular formula is C18H27IN6S. The van der Waals surface area contributed by atoms with E-state index in [9.17, 15) is 0 Å². The molecule has 0 aromatic carbocycles. The minimum Gasteiger partial charge on any atom is -0.357 e. The number of pyridine rings is 1. The van der Waals surface area contributed by atoms with Gasteiger partial charge in [0, 0.05) is 44.2 Å². The van der Waals surface area contributed by atoms with E-state index < -0.39 is 0 Å². The second-order valence-electron chi connectivity index (χ2n) is 6.01. The molecule has 0 bridgehead atoms. The molecule has 3 rings (SSSR count). The maximum absolute atomic E-state index is 4.76. The molecule has 2 aromatic rings. The van der Waals surface area contributed by atoms with E-state index >= 15 is 0 Å². The number of guanidine groups is 1. The van der Waals surface area contributed by atoms with Crippen molar-refractivity contribution in [2.24, 2.45) is 4.99 Å². The van der Waals surface area contributed by atoms with Crippen LogP contribution in [0.5, 0.6) is 0 Å². The summed E-state index contributed by atoms with van der Waals surface area (Å²) in [6.07, 6.45) is 5.27. The van der Waals surface area contributed by atoms with E-state index in [0.29, 0.717) is 6.54 Å². The van der Waals surface area contributed by atoms with Gasteiger partial charge in [-0.2, -0.15) is 0 Å². The minimum absolute atomic E-state index is 0. The number of aliphatic imine (C=N–C) groups is 1. The lowest BCUT2D eigenvalue weighted by Crippen LogP contribution is -2.38. The summed E-state index contributed by atoms with van der Waals surface area (Å²) >= 11 is 1.76. The molecule has 26 heavy (non-hydrogen) atoms. The van der Waals surface area contributed by atoms with Crippen molar-refractivity contribution in [3.8, 4) is 0 Å². The summed E-state index contributed by atoms with van der Waals surface area (Å²) in [5.41, 5.74) is 2.12. The number of anilines is 1. The maximum atomic E-state index is 4.76. The van der Waals surface area contributed by atoms with Gasteiger partial charge < -0.3 is 15.5 Å². The molecule has 2 N–H and O–H groups in total. The van der Waals surface area contributed by atoms with Gasteiger partial charge in [0.1, 0.15) is 0 Å². The number of thiazole rings is 1. The molecule has 6 nitrogen and oxygen atoms in total. The van der Waals surface area contributed by atoms with Crippen molar-refractivity contribution in [1.29, 1.82) is 0 Å². The third-order valence-corrected chi connectivity index (χ3v) is 5.01. The number of rotatable bonds is 7. The average molecular weight is 486 g/mol. The number of nitrogens with zero attached hydrogens (tertiary/aromatic N) is 4. The van der Waals surface area contributed by atoms with Crippen LogP contribution in [0.1, 0.15) is 31.2 Å². The van der Waals surface area contributed by atoms with Crippen molar-refractivity contribution in [3.63, 3.8) is 0 Å². The summed E-state index contributed by atoms with van der Waals surface area (Å²) < 4.78 is 0. The van der Waals surface area contributed by atoms with Crippen LogP contribution in [0.2, 0.25) is 0 Å². The molecule has 142 valence electrons. The fraction of sp³-hybridized carbons (Fsp3) is 0.500. The van der Waals surface area contributed by atoms with Crippen molar-refractivity contribution >= 4 is 46.4 Å². The molecule has 3 heterocycles. The largest absolute Gasteiger partial charge is 0.357 e. The first-order chi connectivity index (χ1) is 12.3. The molecule has 0 amide bonds. The van der Waals surface area contributed by atoms with Gasteiger partial charge in [0.15, 0.2) is 11.1 Å². The van der Waals surface area contributed by atoms with E-state index in [1.54, 1.807) is 17.5 Å². The van der Waals surface area contributed by atoms with E-state index in [4.69, 9.17) is 4.98 Å². The number of nitrogens with one attached hydrogen (secondary N) is 2. The third-order valence-electron chi connectivity index (χ3n) is 4.06. The first kappa shape index (κ1) is 20.9. The lowest BCUT2D eigenvalue weighted by Gasteiger charge is -2.12. The molecule has 0 unspecified atom stereocenters. The number of hydrogen-bond donors (Lipinski definition) is 2. The summed E-state index contributed by atoms with van der Waals surface area (Å²) in [5, 5.41) is 10.00. The Morgan fingerprint density at radius 3 is 2.81 bits per heavy atom. The summed E-state index contributed by atoms with van der Waals surface area (Å²) in [7, 11) is 0. The highest BCUT2D eigenvalue weighted by Crippen LogP contribution is 2.24. The molecule has 8 heteroatoms. The Morgan fingerprint density at radius 2 is 2.08 bits per heavy atom. The Balaban J connectivity index is 0.00000243. The van der Waals surface area contributed by atoms with E-state index in [1.165, 1.54) is 18.0 Å². The van der Waals surface area contributed by atoms with Crippen molar-refractivity contribution < 1.29 is 0 Å². The van der Waals surface area contributed by atoms with Gasteiger partial charge in [-0.05, 0) is 31.9 Å². The van der Waals surface area contributed by atoms with E-state index in [1.807, 2.05) is 18.2 Å². The fourth-order valence-electron chi connectivity index (χ4n) is 2.77. The predicted molar refractivity (Wildman–Crippen MR) is 120 cm³/mol. The Morgan fingerprint density at radius 1 is 1.23 bits per heavy atom. The Kier molecular flexibility index (Phi) is 9.10. The van der Waals surface area contributed by atoms with E-state index in [2.05, 4.69) is 37.8 Å². The van der Waals surface area contributed by atoms with Crippen LogP contribution < -0.4 is 15.5 Å². The molecule has 1 aliphatic heterocycles. The second-order valence-corrected chi connectivity index (χ2v) is 6.85. The standard InChI is InChI=1S/C18H26N6S.HI/c1-2-19-17(22-13-15-7-3-4-9-20-15)21-10-8-16-14-25-18(23-16)24-11-5-6-12-24;/h3-4,7,9,14H,2,5-6,8,10-13H2,1H3,(H2,19,21,22);1H. The normalized spacial score (nSPS) is 14.2. The van der Waals surface area contributed by atoms with Gasteiger partial charge >= 0.3 is 0 Å². The van der Waals surface area contributed by atoms with Crippen molar-refractivity contribution in [2.45, 2.75) is 32.7 Å². The highest BCUT2D eigenvalue weighted by atomic mass is 127. The minimum atomic E-state index is 0. The Labute approximate surface area is 176 Å². The van der Waals surface area contributed by atoms with Gasteiger partial charge in [-0.1, -0.05) is 6.07 Å². The summed E-state index contributed by atoms with van der Waals surface area (Å²) in [6.45, 7) is 6.60. The summed E-state index contributed by atoms with van der Waals surface area (Å²) in [5.74, 6) is 0.822. The topological polar surface area (TPSA) is 65.4 Å². The Hall–Kier alpha value is -1.42. The first-order valence-corrected chi connectivity index (χ1v) is 9.84. The second kappa shape index (κ2) is 11.3. The Bertz CT molecular complexity index is 669. The van der Waals surface area contributed by atoms with Crippen LogP contribution in [0.15, 0.2) is 34.8 Å². The molecule has 0 aliphatic carbocycles. The maximum Gasteiger partial charge on any atom is 0.191 e. The molecule has 0 radical (unpaired) electrons. The highest BCUT2D eigenvalue weighted by Gasteiger charge is 2.15. The van der Waals surface area contributed by atoms with Crippen LogP contribution in [-0.2, 0) is 13.0 Å². The van der Waals surface area contributed by atoms with Gasteiger partial charge in [-0.3, -0.25) is 4.98 Å². The third kappa shape index (κ3) is 6.39. The first-order valence-electron chi connectivity index (χ1n) is 8.96. The van der Waals surface area contributed by atoms with Crippen LogP contribution in [0, 0.1) is 0 Å². The fourth-order valence-corrected chi connectivity index (χ4v) is 3.68. The number of aromatic nitrogens is 2. The zero-order valence-electron chi connectivity index (χ0n) is 15.1. The average Bonchev–Trinajstić information content (AvgIpc) is 3.32. The zero-order chi connectivity index (χ0) is 17.3. The molecule has 1 aliphatic rings. The summed E-state index contributed by atoms with van der Waals surface area (Å²) in [6, 6.07) is 5.89. The quantitative estimate of drug-likeness (QED) is 0.358. The van der Waals surface area contributed by atoms with Gasteiger partial charge in [0.2, 0.25) is 0 Å². The molecule has 0 spiro atoms. The molecule has 0 atom stereocenters.